The molecule has 98 valence electrons. The molecule has 0 aromatic heterocycles. The van der Waals surface area contributed by atoms with Crippen LogP contribution < -0.4 is 11.1 Å². The van der Waals surface area contributed by atoms with E-state index in [-0.39, 0.29) is 11.4 Å². The Hall–Kier alpha value is -2.43. The first-order valence-electron chi connectivity index (χ1n) is 5.61. The van der Waals surface area contributed by atoms with Crippen molar-refractivity contribution in [2.24, 2.45) is 0 Å². The summed E-state index contributed by atoms with van der Waals surface area (Å²) in [5.74, 6) is -2.76. The number of benzene rings is 2. The summed E-state index contributed by atoms with van der Waals surface area (Å²) in [5, 5.41) is 2.30. The number of halogens is 2. The Kier molecular flexibility index (Phi) is 3.46. The average Bonchev–Trinajstić information content (AvgIpc) is 2.39. The molecule has 2 aromatic rings. The number of hydrogen-bond donors (Lipinski definition) is 2. The normalized spacial score (nSPS) is 10.3. The molecule has 3 N–H and O–H groups in total. The summed E-state index contributed by atoms with van der Waals surface area (Å²) in [6, 6.07) is 8.93. The highest BCUT2D eigenvalue weighted by atomic mass is 19.2. The number of nitrogens with one attached hydrogen (secondary N) is 1. The van der Waals surface area contributed by atoms with Gasteiger partial charge >= 0.3 is 0 Å². The monoisotopic (exact) mass is 262 g/mol. The molecule has 0 radical (unpaired) electrons. The van der Waals surface area contributed by atoms with E-state index in [0.717, 1.165) is 11.6 Å². The van der Waals surface area contributed by atoms with E-state index in [1.165, 1.54) is 6.07 Å². The number of carbonyl (C=O) groups excluding carboxylic acids is 1. The Morgan fingerprint density at radius 1 is 1.16 bits per heavy atom. The molecule has 3 nitrogen and oxygen atoms in total. The first-order valence-corrected chi connectivity index (χ1v) is 5.61. The van der Waals surface area contributed by atoms with Gasteiger partial charge in [0.2, 0.25) is 0 Å². The first-order chi connectivity index (χ1) is 9.00. The molecule has 0 heterocycles. The molecule has 19 heavy (non-hydrogen) atoms. The highest BCUT2D eigenvalue weighted by Gasteiger charge is 2.16. The number of anilines is 2. The van der Waals surface area contributed by atoms with Gasteiger partial charge in [0.05, 0.1) is 5.69 Å². The molecule has 0 fully saturated rings. The zero-order chi connectivity index (χ0) is 14.0. The average molecular weight is 262 g/mol. The molecule has 0 saturated carbocycles. The van der Waals surface area contributed by atoms with Gasteiger partial charge in [-0.05, 0) is 30.7 Å². The minimum atomic E-state index is -1.16. The zero-order valence-electron chi connectivity index (χ0n) is 10.2. The van der Waals surface area contributed by atoms with Crippen LogP contribution in [0.1, 0.15) is 15.9 Å². The van der Waals surface area contributed by atoms with Crippen LogP contribution in [0.5, 0.6) is 0 Å². The van der Waals surface area contributed by atoms with Crippen molar-refractivity contribution in [1.29, 1.82) is 0 Å². The third-order valence-electron chi connectivity index (χ3n) is 2.76. The van der Waals surface area contributed by atoms with Gasteiger partial charge in [-0.15, -0.1) is 0 Å². The van der Waals surface area contributed by atoms with Gasteiger partial charge in [0.1, 0.15) is 5.69 Å². The van der Waals surface area contributed by atoms with Crippen LogP contribution in [-0.2, 0) is 0 Å². The van der Waals surface area contributed by atoms with E-state index >= 15 is 0 Å². The summed E-state index contributed by atoms with van der Waals surface area (Å²) in [5.41, 5.74) is 6.28. The fourth-order valence-electron chi connectivity index (χ4n) is 1.70. The summed E-state index contributed by atoms with van der Waals surface area (Å²) in [7, 11) is 0. The number of nitrogen functional groups attached to an aromatic ring is 1. The predicted octanol–water partition coefficient (Wildman–Crippen LogP) is 3.11. The SMILES string of the molecule is Cc1ccccc1C(=O)Nc1c(N)ccc(F)c1F. The van der Waals surface area contributed by atoms with Crippen molar-refractivity contribution in [3.63, 3.8) is 0 Å². The second-order valence-electron chi connectivity index (χ2n) is 4.09. The Morgan fingerprint density at radius 3 is 2.53 bits per heavy atom. The smallest absolute Gasteiger partial charge is 0.256 e. The van der Waals surface area contributed by atoms with E-state index in [0.29, 0.717) is 5.56 Å². The quantitative estimate of drug-likeness (QED) is 0.817. The van der Waals surface area contributed by atoms with Crippen molar-refractivity contribution in [1.82, 2.24) is 0 Å². The van der Waals surface area contributed by atoms with Gasteiger partial charge in [-0.3, -0.25) is 4.79 Å². The largest absolute Gasteiger partial charge is 0.397 e. The van der Waals surface area contributed by atoms with Crippen molar-refractivity contribution in [2.75, 3.05) is 11.1 Å². The molecule has 2 aromatic carbocycles. The number of carbonyl (C=O) groups is 1. The highest BCUT2D eigenvalue weighted by molar-refractivity contribution is 6.06. The molecule has 0 aliphatic carbocycles. The summed E-state index contributed by atoms with van der Waals surface area (Å²) in [6.07, 6.45) is 0. The van der Waals surface area contributed by atoms with Crippen LogP contribution in [0.15, 0.2) is 36.4 Å². The van der Waals surface area contributed by atoms with Crippen LogP contribution in [0, 0.1) is 18.6 Å². The molecule has 0 unspecified atom stereocenters. The van der Waals surface area contributed by atoms with Crippen molar-refractivity contribution in [3.05, 3.63) is 59.2 Å². The van der Waals surface area contributed by atoms with Crippen LogP contribution in [0.4, 0.5) is 20.2 Å². The van der Waals surface area contributed by atoms with E-state index in [1.54, 1.807) is 31.2 Å². The van der Waals surface area contributed by atoms with Crippen molar-refractivity contribution >= 4 is 17.3 Å². The fraction of sp³-hybridized carbons (Fsp3) is 0.0714. The molecular formula is C14H12F2N2O. The Bertz CT molecular complexity index is 641. The van der Waals surface area contributed by atoms with Crippen LogP contribution in [0.25, 0.3) is 0 Å². The standard InChI is InChI=1S/C14H12F2N2O/c1-8-4-2-3-5-9(8)14(19)18-13-11(17)7-6-10(15)12(13)16/h2-7H,17H2,1H3,(H,18,19). The lowest BCUT2D eigenvalue weighted by molar-refractivity contribution is 0.102. The number of nitrogens with two attached hydrogens (primary N) is 1. The molecule has 1 amide bonds. The van der Waals surface area contributed by atoms with Gasteiger partial charge in [0.25, 0.3) is 5.91 Å². The maximum atomic E-state index is 13.6. The first kappa shape index (κ1) is 13.0. The summed E-state index contributed by atoms with van der Waals surface area (Å²) in [4.78, 5) is 12.0. The Morgan fingerprint density at radius 2 is 1.84 bits per heavy atom. The molecule has 0 saturated heterocycles. The summed E-state index contributed by atoms with van der Waals surface area (Å²) >= 11 is 0. The second-order valence-corrected chi connectivity index (χ2v) is 4.09. The molecule has 0 aliphatic heterocycles. The van der Waals surface area contributed by atoms with Gasteiger partial charge in [-0.25, -0.2) is 8.78 Å². The predicted molar refractivity (Wildman–Crippen MR) is 69.9 cm³/mol. The summed E-state index contributed by atoms with van der Waals surface area (Å²) < 4.78 is 26.7. The zero-order valence-corrected chi connectivity index (χ0v) is 10.2. The van der Waals surface area contributed by atoms with E-state index < -0.39 is 17.5 Å². The van der Waals surface area contributed by atoms with E-state index in [2.05, 4.69) is 5.32 Å². The summed E-state index contributed by atoms with van der Waals surface area (Å²) in [6.45, 7) is 1.75. The van der Waals surface area contributed by atoms with Crippen LogP contribution in [0.2, 0.25) is 0 Å². The third kappa shape index (κ3) is 2.54. The topological polar surface area (TPSA) is 55.1 Å². The molecule has 0 bridgehead atoms. The van der Waals surface area contributed by atoms with Gasteiger partial charge in [-0.1, -0.05) is 18.2 Å². The lowest BCUT2D eigenvalue weighted by atomic mass is 10.1. The minimum Gasteiger partial charge on any atom is -0.397 e. The van der Waals surface area contributed by atoms with Crippen molar-refractivity contribution < 1.29 is 13.6 Å². The van der Waals surface area contributed by atoms with E-state index in [9.17, 15) is 13.6 Å². The molecule has 0 spiro atoms. The Balaban J connectivity index is 2.35. The molecule has 2 rings (SSSR count). The minimum absolute atomic E-state index is 0.0270. The maximum Gasteiger partial charge on any atom is 0.256 e. The maximum absolute atomic E-state index is 13.6. The molecule has 0 aliphatic rings. The number of rotatable bonds is 2. The van der Waals surface area contributed by atoms with Gasteiger partial charge < -0.3 is 11.1 Å². The lowest BCUT2D eigenvalue weighted by Crippen LogP contribution is -2.16. The lowest BCUT2D eigenvalue weighted by Gasteiger charge is -2.11. The highest BCUT2D eigenvalue weighted by Crippen LogP contribution is 2.25. The molecular weight excluding hydrogens is 250 g/mol. The van der Waals surface area contributed by atoms with Crippen LogP contribution >= 0.6 is 0 Å². The van der Waals surface area contributed by atoms with Crippen molar-refractivity contribution in [2.45, 2.75) is 6.92 Å². The van der Waals surface area contributed by atoms with E-state index in [4.69, 9.17) is 5.73 Å². The van der Waals surface area contributed by atoms with Gasteiger partial charge in [-0.2, -0.15) is 0 Å². The number of amides is 1. The van der Waals surface area contributed by atoms with E-state index in [1.807, 2.05) is 0 Å². The van der Waals surface area contributed by atoms with Crippen LogP contribution in [-0.4, -0.2) is 5.91 Å². The van der Waals surface area contributed by atoms with Gasteiger partial charge in [0, 0.05) is 5.56 Å². The number of aryl methyl sites for hydroxylation is 1. The van der Waals surface area contributed by atoms with Gasteiger partial charge in [0.15, 0.2) is 11.6 Å². The number of hydrogen-bond acceptors (Lipinski definition) is 2. The molecule has 0 atom stereocenters. The van der Waals surface area contributed by atoms with Crippen molar-refractivity contribution in [3.8, 4) is 0 Å². The second kappa shape index (κ2) is 5.06. The Labute approximate surface area is 109 Å². The van der Waals surface area contributed by atoms with Crippen LogP contribution in [0.3, 0.4) is 0 Å². The third-order valence-corrected chi connectivity index (χ3v) is 2.76. The molecule has 5 heteroatoms. The fourth-order valence-corrected chi connectivity index (χ4v) is 1.70.